The van der Waals surface area contributed by atoms with Crippen molar-refractivity contribution in [3.05, 3.63) is 29.8 Å². The van der Waals surface area contributed by atoms with Gasteiger partial charge in [-0.2, -0.15) is 11.8 Å². The summed E-state index contributed by atoms with van der Waals surface area (Å²) in [6.45, 7) is 4.53. The fraction of sp³-hybridized carbons (Fsp3) is 0.538. The number of thioether (sulfide) groups is 1. The summed E-state index contributed by atoms with van der Waals surface area (Å²) in [5.41, 5.74) is 2.82. The Bertz CT molecular complexity index is 322. The standard InChI is InChI=1S/C13H19NS/c1-10(2)15-9-12-8-7-11-5-3-4-6-13(11)14-12/h3-6,10,12,14H,7-9H2,1-2H3. The zero-order valence-electron chi connectivity index (χ0n) is 9.49. The average Bonchev–Trinajstić information content (AvgIpc) is 2.26. The molecule has 0 aromatic heterocycles. The lowest BCUT2D eigenvalue weighted by atomic mass is 9.99. The molecule has 0 radical (unpaired) electrons. The third kappa shape index (κ3) is 2.91. The van der Waals surface area contributed by atoms with Gasteiger partial charge in [0.2, 0.25) is 0 Å². The van der Waals surface area contributed by atoms with Crippen molar-refractivity contribution in [1.29, 1.82) is 0 Å². The first-order valence-corrected chi connectivity index (χ1v) is 6.76. The molecule has 15 heavy (non-hydrogen) atoms. The quantitative estimate of drug-likeness (QED) is 0.837. The van der Waals surface area contributed by atoms with Crippen LogP contribution >= 0.6 is 11.8 Å². The molecular formula is C13H19NS. The summed E-state index contributed by atoms with van der Waals surface area (Å²) in [5, 5.41) is 4.37. The Labute approximate surface area is 96.7 Å². The van der Waals surface area contributed by atoms with Crippen LogP contribution in [-0.4, -0.2) is 17.0 Å². The molecule has 0 saturated heterocycles. The molecule has 0 bridgehead atoms. The van der Waals surface area contributed by atoms with Gasteiger partial charge in [-0.3, -0.25) is 0 Å². The first-order chi connectivity index (χ1) is 7.25. The minimum Gasteiger partial charge on any atom is -0.381 e. The van der Waals surface area contributed by atoms with Gasteiger partial charge in [0.05, 0.1) is 0 Å². The van der Waals surface area contributed by atoms with Gasteiger partial charge in [0.1, 0.15) is 0 Å². The van der Waals surface area contributed by atoms with E-state index in [1.807, 2.05) is 11.8 Å². The molecule has 0 amide bonds. The molecular weight excluding hydrogens is 202 g/mol. The van der Waals surface area contributed by atoms with Crippen molar-refractivity contribution in [2.75, 3.05) is 11.1 Å². The number of aryl methyl sites for hydroxylation is 1. The second-order valence-corrected chi connectivity index (χ2v) is 6.03. The zero-order valence-corrected chi connectivity index (χ0v) is 10.3. The maximum absolute atomic E-state index is 3.63. The molecule has 82 valence electrons. The number of anilines is 1. The van der Waals surface area contributed by atoms with Gasteiger partial charge in [0.25, 0.3) is 0 Å². The van der Waals surface area contributed by atoms with Crippen LogP contribution in [-0.2, 0) is 6.42 Å². The maximum Gasteiger partial charge on any atom is 0.0375 e. The lowest BCUT2D eigenvalue weighted by Gasteiger charge is -2.27. The summed E-state index contributed by atoms with van der Waals surface area (Å²) in [5.74, 6) is 1.23. The van der Waals surface area contributed by atoms with Crippen molar-refractivity contribution in [3.8, 4) is 0 Å². The highest BCUT2D eigenvalue weighted by molar-refractivity contribution is 7.99. The Balaban J connectivity index is 1.94. The molecule has 1 aliphatic rings. The molecule has 1 unspecified atom stereocenters. The fourth-order valence-electron chi connectivity index (χ4n) is 1.93. The average molecular weight is 221 g/mol. The van der Waals surface area contributed by atoms with E-state index in [4.69, 9.17) is 0 Å². The van der Waals surface area contributed by atoms with E-state index in [1.54, 1.807) is 0 Å². The largest absolute Gasteiger partial charge is 0.381 e. The van der Waals surface area contributed by atoms with Gasteiger partial charge < -0.3 is 5.32 Å². The monoisotopic (exact) mass is 221 g/mol. The van der Waals surface area contributed by atoms with E-state index in [-0.39, 0.29) is 0 Å². The predicted molar refractivity (Wildman–Crippen MR) is 69.8 cm³/mol. The molecule has 0 fully saturated rings. The second-order valence-electron chi connectivity index (χ2n) is 4.42. The molecule has 2 heteroatoms. The third-order valence-corrected chi connectivity index (χ3v) is 4.03. The van der Waals surface area contributed by atoms with Crippen molar-refractivity contribution in [1.82, 2.24) is 0 Å². The maximum atomic E-state index is 3.63. The van der Waals surface area contributed by atoms with Gasteiger partial charge >= 0.3 is 0 Å². The molecule has 1 N–H and O–H groups in total. The number of fused-ring (bicyclic) bond motifs is 1. The second kappa shape index (κ2) is 4.93. The molecule has 1 aromatic rings. The smallest absolute Gasteiger partial charge is 0.0375 e. The van der Waals surface area contributed by atoms with Crippen LogP contribution in [0.25, 0.3) is 0 Å². The van der Waals surface area contributed by atoms with Crippen molar-refractivity contribution < 1.29 is 0 Å². The highest BCUT2D eigenvalue weighted by Gasteiger charge is 2.17. The molecule has 1 aromatic carbocycles. The molecule has 1 aliphatic heterocycles. The van der Waals surface area contributed by atoms with Crippen molar-refractivity contribution in [3.63, 3.8) is 0 Å². The Hall–Kier alpha value is -0.630. The number of nitrogens with one attached hydrogen (secondary N) is 1. The van der Waals surface area contributed by atoms with E-state index in [0.717, 1.165) is 5.25 Å². The molecule has 1 nitrogen and oxygen atoms in total. The summed E-state index contributed by atoms with van der Waals surface area (Å²) in [6.07, 6.45) is 2.50. The third-order valence-electron chi connectivity index (χ3n) is 2.77. The van der Waals surface area contributed by atoms with E-state index in [1.165, 1.54) is 29.8 Å². The lowest BCUT2D eigenvalue weighted by molar-refractivity contribution is 0.688. The Morgan fingerprint density at radius 2 is 2.20 bits per heavy atom. The van der Waals surface area contributed by atoms with Crippen molar-refractivity contribution in [2.45, 2.75) is 38.0 Å². The van der Waals surface area contributed by atoms with Gasteiger partial charge in [0.15, 0.2) is 0 Å². The first kappa shape index (κ1) is 10.9. The van der Waals surface area contributed by atoms with Crippen molar-refractivity contribution in [2.24, 2.45) is 0 Å². The van der Waals surface area contributed by atoms with Crippen LogP contribution in [0.15, 0.2) is 24.3 Å². The molecule has 1 atom stereocenters. The summed E-state index contributed by atoms with van der Waals surface area (Å²) >= 11 is 2.05. The van der Waals surface area contributed by atoms with Crippen molar-refractivity contribution >= 4 is 17.4 Å². The normalized spacial score (nSPS) is 19.8. The molecule has 0 spiro atoms. The van der Waals surface area contributed by atoms with Gasteiger partial charge in [0, 0.05) is 17.5 Å². The van der Waals surface area contributed by atoms with Gasteiger partial charge in [-0.15, -0.1) is 0 Å². The van der Waals surface area contributed by atoms with Crippen LogP contribution in [0.2, 0.25) is 0 Å². The van der Waals surface area contributed by atoms with Crippen LogP contribution in [0, 0.1) is 0 Å². The molecule has 1 heterocycles. The Morgan fingerprint density at radius 1 is 1.40 bits per heavy atom. The summed E-state index contributed by atoms with van der Waals surface area (Å²) < 4.78 is 0. The van der Waals surface area contributed by atoms with Crippen LogP contribution in [0.4, 0.5) is 5.69 Å². The Kier molecular flexibility index (Phi) is 3.57. The van der Waals surface area contributed by atoms with Gasteiger partial charge in [-0.25, -0.2) is 0 Å². The van der Waals surface area contributed by atoms with Gasteiger partial charge in [-0.05, 0) is 29.7 Å². The van der Waals surface area contributed by atoms with E-state index in [9.17, 15) is 0 Å². The van der Waals surface area contributed by atoms with E-state index < -0.39 is 0 Å². The van der Waals surface area contributed by atoms with Gasteiger partial charge in [-0.1, -0.05) is 32.0 Å². The van der Waals surface area contributed by atoms with Crippen LogP contribution in [0.1, 0.15) is 25.8 Å². The zero-order chi connectivity index (χ0) is 10.7. The predicted octanol–water partition coefficient (Wildman–Crippen LogP) is 3.55. The lowest BCUT2D eigenvalue weighted by Crippen LogP contribution is -2.28. The van der Waals surface area contributed by atoms with Crippen LogP contribution in [0.5, 0.6) is 0 Å². The van der Waals surface area contributed by atoms with E-state index >= 15 is 0 Å². The molecule has 0 saturated carbocycles. The minimum atomic E-state index is 0.660. The fourth-order valence-corrected chi connectivity index (χ4v) is 2.80. The highest BCUT2D eigenvalue weighted by Crippen LogP contribution is 2.26. The van der Waals surface area contributed by atoms with Crippen LogP contribution in [0.3, 0.4) is 0 Å². The first-order valence-electron chi connectivity index (χ1n) is 5.72. The molecule has 2 rings (SSSR count). The summed E-state index contributed by atoms with van der Waals surface area (Å²) in [6, 6.07) is 9.33. The topological polar surface area (TPSA) is 12.0 Å². The number of benzene rings is 1. The highest BCUT2D eigenvalue weighted by atomic mass is 32.2. The SMILES string of the molecule is CC(C)SCC1CCc2ccccc2N1. The number of hydrogen-bond acceptors (Lipinski definition) is 2. The number of hydrogen-bond donors (Lipinski definition) is 1. The van der Waals surface area contributed by atoms with Crippen LogP contribution < -0.4 is 5.32 Å². The summed E-state index contributed by atoms with van der Waals surface area (Å²) in [7, 11) is 0. The number of rotatable bonds is 3. The van der Waals surface area contributed by atoms with E-state index in [2.05, 4.69) is 43.4 Å². The number of para-hydroxylation sites is 1. The summed E-state index contributed by atoms with van der Waals surface area (Å²) in [4.78, 5) is 0. The van der Waals surface area contributed by atoms with E-state index in [0.29, 0.717) is 6.04 Å². The molecule has 0 aliphatic carbocycles. The minimum absolute atomic E-state index is 0.660. The Morgan fingerprint density at radius 3 is 3.00 bits per heavy atom.